The van der Waals surface area contributed by atoms with Gasteiger partial charge in [0.05, 0.1) is 0 Å². The fourth-order valence-corrected chi connectivity index (χ4v) is 5.47. The molecule has 2 rings (SSSR count). The first-order valence-electron chi connectivity index (χ1n) is 16.0. The average molecular weight is 603 g/mol. The third-order valence-corrected chi connectivity index (χ3v) is 7.75. The summed E-state index contributed by atoms with van der Waals surface area (Å²) in [5.74, 6) is -1.31. The van der Waals surface area contributed by atoms with Gasteiger partial charge in [-0.3, -0.25) is 14.4 Å². The van der Waals surface area contributed by atoms with E-state index in [0.717, 1.165) is 64.2 Å². The van der Waals surface area contributed by atoms with E-state index in [2.05, 4.69) is 17.6 Å². The number of hydrogen-bond acceptors (Lipinski definition) is 6. The Hall–Kier alpha value is -3.30. The molecule has 0 spiro atoms. The fraction of sp³-hybridized carbons (Fsp3) is 0.697. The Morgan fingerprint density at radius 1 is 1.05 bits per heavy atom. The summed E-state index contributed by atoms with van der Waals surface area (Å²) in [6.07, 6.45) is 9.88. The Labute approximate surface area is 257 Å². The number of aryl methyl sites for hydroxylation is 1. The van der Waals surface area contributed by atoms with Crippen LogP contribution in [0.3, 0.4) is 0 Å². The van der Waals surface area contributed by atoms with Gasteiger partial charge in [0.2, 0.25) is 17.7 Å². The third kappa shape index (κ3) is 12.8. The van der Waals surface area contributed by atoms with Crippen LogP contribution in [-0.4, -0.2) is 58.1 Å². The van der Waals surface area contributed by atoms with E-state index in [9.17, 15) is 24.3 Å². The molecule has 242 valence electrons. The van der Waals surface area contributed by atoms with Gasteiger partial charge in [-0.15, -0.1) is 0 Å². The Bertz CT molecular complexity index is 1060. The molecule has 0 radical (unpaired) electrons. The third-order valence-electron chi connectivity index (χ3n) is 7.75. The van der Waals surface area contributed by atoms with Crippen LogP contribution in [-0.2, 0) is 19.1 Å². The number of benzene rings is 1. The molecule has 1 aromatic carbocycles. The van der Waals surface area contributed by atoms with Gasteiger partial charge in [-0.05, 0) is 76.6 Å². The molecule has 2 atom stereocenters. The van der Waals surface area contributed by atoms with Crippen LogP contribution in [0.4, 0.5) is 4.79 Å². The molecule has 1 aliphatic rings. The smallest absolute Gasteiger partial charge is 0.408 e. The first kappa shape index (κ1) is 35.9. The predicted octanol–water partition coefficient (Wildman–Crippen LogP) is 5.54. The molecule has 1 saturated carbocycles. The molecule has 0 saturated heterocycles. The monoisotopic (exact) mass is 602 g/mol. The number of phenolic OH excluding ortho intramolecular Hbond substituents is 1. The zero-order valence-electron chi connectivity index (χ0n) is 26.9. The topological polar surface area (TPSA) is 151 Å². The number of primary amides is 1. The number of aromatic hydroxyl groups is 1. The lowest BCUT2D eigenvalue weighted by Gasteiger charge is -2.36. The summed E-state index contributed by atoms with van der Waals surface area (Å²) >= 11 is 0. The largest absolute Gasteiger partial charge is 0.508 e. The zero-order chi connectivity index (χ0) is 32.0. The van der Waals surface area contributed by atoms with Gasteiger partial charge in [-0.1, -0.05) is 64.4 Å². The standard InChI is InChI=1S/C33H54N4O6/c1-6-7-8-9-10-14-21-37(31(41)26(18-20-28(34)39)36-32(42)43-33(3,4)5)29(24-17-19-27(38)23(2)22-24)30(40)35-25-15-12-11-13-16-25/h17,19,22,25-26,29,38H,6-16,18,20-21H2,1-5H3,(H2,34,39)(H,35,40)(H,36,42). The Kier molecular flexibility index (Phi) is 14.8. The summed E-state index contributed by atoms with van der Waals surface area (Å²) < 4.78 is 5.42. The van der Waals surface area contributed by atoms with Crippen molar-refractivity contribution in [2.45, 2.75) is 142 Å². The van der Waals surface area contributed by atoms with Crippen LogP contribution in [0.2, 0.25) is 0 Å². The van der Waals surface area contributed by atoms with E-state index in [1.807, 2.05) is 0 Å². The van der Waals surface area contributed by atoms with Gasteiger partial charge in [-0.2, -0.15) is 0 Å². The SMILES string of the molecule is CCCCCCCCN(C(=O)C(CCC(N)=O)NC(=O)OC(C)(C)C)C(C(=O)NC1CCCCC1)c1ccc(O)c(C)c1. The first-order chi connectivity index (χ1) is 20.3. The van der Waals surface area contributed by atoms with Crippen molar-refractivity contribution in [2.75, 3.05) is 6.54 Å². The maximum Gasteiger partial charge on any atom is 0.408 e. The molecule has 2 unspecified atom stereocenters. The fourth-order valence-electron chi connectivity index (χ4n) is 5.47. The number of hydrogen-bond donors (Lipinski definition) is 4. The molecule has 0 aliphatic heterocycles. The number of carbonyl (C=O) groups excluding carboxylic acids is 4. The zero-order valence-corrected chi connectivity index (χ0v) is 26.9. The summed E-state index contributed by atoms with van der Waals surface area (Å²) in [6, 6.07) is 2.80. The van der Waals surface area contributed by atoms with E-state index >= 15 is 0 Å². The number of nitrogens with zero attached hydrogens (tertiary/aromatic N) is 1. The molecule has 4 amide bonds. The maximum absolute atomic E-state index is 14.4. The normalized spacial score (nSPS) is 15.3. The second kappa shape index (κ2) is 17.7. The van der Waals surface area contributed by atoms with E-state index in [-0.39, 0.29) is 37.1 Å². The quantitative estimate of drug-likeness (QED) is 0.182. The van der Waals surface area contributed by atoms with Crippen molar-refractivity contribution in [3.8, 4) is 5.75 Å². The second-order valence-electron chi connectivity index (χ2n) is 12.8. The molecule has 10 heteroatoms. The average Bonchev–Trinajstić information content (AvgIpc) is 2.93. The molecule has 0 aromatic heterocycles. The number of nitrogens with one attached hydrogen (secondary N) is 2. The molecule has 1 aromatic rings. The van der Waals surface area contributed by atoms with E-state index in [0.29, 0.717) is 17.5 Å². The molecule has 10 nitrogen and oxygen atoms in total. The van der Waals surface area contributed by atoms with Crippen LogP contribution in [0.15, 0.2) is 18.2 Å². The minimum atomic E-state index is -1.13. The number of nitrogens with two attached hydrogens (primary N) is 1. The Balaban J connectivity index is 2.49. The van der Waals surface area contributed by atoms with Crippen molar-refractivity contribution in [3.05, 3.63) is 29.3 Å². The minimum absolute atomic E-state index is 0.0125. The molecule has 1 fully saturated rings. The van der Waals surface area contributed by atoms with E-state index in [1.54, 1.807) is 39.8 Å². The van der Waals surface area contributed by atoms with Crippen LogP contribution < -0.4 is 16.4 Å². The van der Waals surface area contributed by atoms with E-state index < -0.39 is 35.6 Å². The van der Waals surface area contributed by atoms with Gasteiger partial charge < -0.3 is 31.1 Å². The lowest BCUT2D eigenvalue weighted by molar-refractivity contribution is -0.143. The summed E-state index contributed by atoms with van der Waals surface area (Å²) in [7, 11) is 0. The highest BCUT2D eigenvalue weighted by Crippen LogP contribution is 2.29. The van der Waals surface area contributed by atoms with Gasteiger partial charge in [0.15, 0.2) is 0 Å². The number of phenols is 1. The highest BCUT2D eigenvalue weighted by molar-refractivity contribution is 5.92. The van der Waals surface area contributed by atoms with Crippen molar-refractivity contribution >= 4 is 23.8 Å². The van der Waals surface area contributed by atoms with Crippen LogP contribution in [0.1, 0.15) is 128 Å². The van der Waals surface area contributed by atoms with Gasteiger partial charge in [-0.25, -0.2) is 4.79 Å². The molecule has 43 heavy (non-hydrogen) atoms. The predicted molar refractivity (Wildman–Crippen MR) is 167 cm³/mol. The van der Waals surface area contributed by atoms with Gasteiger partial charge in [0, 0.05) is 19.0 Å². The lowest BCUT2D eigenvalue weighted by atomic mass is 9.94. The van der Waals surface area contributed by atoms with E-state index in [4.69, 9.17) is 10.5 Å². The van der Waals surface area contributed by atoms with Crippen LogP contribution >= 0.6 is 0 Å². The van der Waals surface area contributed by atoms with Crippen LogP contribution in [0.25, 0.3) is 0 Å². The van der Waals surface area contributed by atoms with E-state index in [1.165, 1.54) is 11.0 Å². The second-order valence-corrected chi connectivity index (χ2v) is 12.8. The minimum Gasteiger partial charge on any atom is -0.508 e. The van der Waals surface area contributed by atoms with Crippen molar-refractivity contribution in [3.63, 3.8) is 0 Å². The van der Waals surface area contributed by atoms with Gasteiger partial charge in [0.1, 0.15) is 23.4 Å². The van der Waals surface area contributed by atoms with Crippen LogP contribution in [0.5, 0.6) is 5.75 Å². The van der Waals surface area contributed by atoms with Crippen molar-refractivity contribution in [2.24, 2.45) is 5.73 Å². The van der Waals surface area contributed by atoms with Gasteiger partial charge >= 0.3 is 6.09 Å². The summed E-state index contributed by atoms with van der Waals surface area (Å²) in [5, 5.41) is 16.1. The van der Waals surface area contributed by atoms with Crippen molar-refractivity contribution in [1.29, 1.82) is 0 Å². The van der Waals surface area contributed by atoms with Crippen LogP contribution in [0, 0.1) is 6.92 Å². The molecule has 0 bridgehead atoms. The number of ether oxygens (including phenoxy) is 1. The molecule has 0 heterocycles. The van der Waals surface area contributed by atoms with Gasteiger partial charge in [0.25, 0.3) is 0 Å². The molecule has 1 aliphatic carbocycles. The number of amides is 4. The Morgan fingerprint density at radius 3 is 2.30 bits per heavy atom. The number of alkyl carbamates (subject to hydrolysis) is 1. The molecular weight excluding hydrogens is 548 g/mol. The first-order valence-corrected chi connectivity index (χ1v) is 16.0. The Morgan fingerprint density at radius 2 is 1.70 bits per heavy atom. The highest BCUT2D eigenvalue weighted by atomic mass is 16.6. The summed E-state index contributed by atoms with van der Waals surface area (Å²) in [4.78, 5) is 54.5. The summed E-state index contributed by atoms with van der Waals surface area (Å²) in [6.45, 7) is 9.33. The van der Waals surface area contributed by atoms with Crippen molar-refractivity contribution in [1.82, 2.24) is 15.5 Å². The molecule has 5 N–H and O–H groups in total. The lowest BCUT2D eigenvalue weighted by Crippen LogP contribution is -2.54. The number of carbonyl (C=O) groups is 4. The summed E-state index contributed by atoms with van der Waals surface area (Å²) in [5.41, 5.74) is 5.77. The van der Waals surface area contributed by atoms with Crippen molar-refractivity contribution < 1.29 is 29.0 Å². The molecular formula is C33H54N4O6. The highest BCUT2D eigenvalue weighted by Gasteiger charge is 2.37. The number of unbranched alkanes of at least 4 members (excludes halogenated alkanes) is 5. The maximum atomic E-state index is 14.4. The number of rotatable bonds is 16.